The van der Waals surface area contributed by atoms with E-state index in [1.54, 1.807) is 11.3 Å². The van der Waals surface area contributed by atoms with E-state index in [1.165, 1.54) is 30.6 Å². The third-order valence-electron chi connectivity index (χ3n) is 3.25. The number of hydrogen-bond acceptors (Lipinski definition) is 4. The molecule has 1 aliphatic rings. The fourth-order valence-corrected chi connectivity index (χ4v) is 3.04. The normalized spacial score (nSPS) is 25.9. The van der Waals surface area contributed by atoms with E-state index in [1.807, 2.05) is 13.1 Å². The van der Waals surface area contributed by atoms with E-state index in [4.69, 9.17) is 10.5 Å². The van der Waals surface area contributed by atoms with E-state index in [-0.39, 0.29) is 0 Å². The minimum Gasteiger partial charge on any atom is -0.372 e. The lowest BCUT2D eigenvalue weighted by molar-refractivity contribution is -0.0172. The van der Waals surface area contributed by atoms with Gasteiger partial charge in [0.15, 0.2) is 0 Å². The molecule has 3 nitrogen and oxygen atoms in total. The average Bonchev–Trinajstić information content (AvgIpc) is 2.73. The monoisotopic (exact) mass is 240 g/mol. The third-order valence-corrected chi connectivity index (χ3v) is 4.14. The van der Waals surface area contributed by atoms with E-state index in [2.05, 4.69) is 4.98 Å². The summed E-state index contributed by atoms with van der Waals surface area (Å²) in [6, 6.07) is 0. The quantitative estimate of drug-likeness (QED) is 0.879. The van der Waals surface area contributed by atoms with Crippen LogP contribution in [-0.4, -0.2) is 17.6 Å². The molecule has 2 atom stereocenters. The molecule has 0 aromatic carbocycles. The third kappa shape index (κ3) is 3.03. The molecular weight excluding hydrogens is 220 g/mol. The zero-order valence-corrected chi connectivity index (χ0v) is 10.6. The molecule has 0 saturated heterocycles. The summed E-state index contributed by atoms with van der Waals surface area (Å²) in [4.78, 5) is 5.45. The van der Waals surface area contributed by atoms with Gasteiger partial charge in [-0.05, 0) is 32.2 Å². The first-order valence-corrected chi connectivity index (χ1v) is 6.84. The average molecular weight is 240 g/mol. The molecule has 0 bridgehead atoms. The zero-order valence-electron chi connectivity index (χ0n) is 9.82. The topological polar surface area (TPSA) is 48.1 Å². The van der Waals surface area contributed by atoms with Crippen LogP contribution in [0.4, 0.5) is 0 Å². The molecule has 1 saturated carbocycles. The molecule has 0 radical (unpaired) electrons. The Hall–Kier alpha value is -0.450. The van der Waals surface area contributed by atoms with E-state index in [0.717, 1.165) is 11.6 Å². The lowest BCUT2D eigenvalue weighted by atomic mass is 9.86. The second-order valence-electron chi connectivity index (χ2n) is 4.48. The van der Waals surface area contributed by atoms with Gasteiger partial charge >= 0.3 is 0 Å². The van der Waals surface area contributed by atoms with Crippen molar-refractivity contribution in [1.29, 1.82) is 0 Å². The highest BCUT2D eigenvalue weighted by molar-refractivity contribution is 7.11. The second kappa shape index (κ2) is 5.75. The SMILES string of the molecule is Cc1ncc(COC2CCCCC2CN)s1. The van der Waals surface area contributed by atoms with Crippen molar-refractivity contribution < 1.29 is 4.74 Å². The van der Waals surface area contributed by atoms with Crippen LogP contribution in [0.25, 0.3) is 0 Å². The first-order chi connectivity index (χ1) is 7.79. The summed E-state index contributed by atoms with van der Waals surface area (Å²) in [5.74, 6) is 0.558. The van der Waals surface area contributed by atoms with Crippen LogP contribution in [0.2, 0.25) is 0 Å². The van der Waals surface area contributed by atoms with Crippen molar-refractivity contribution in [2.24, 2.45) is 11.7 Å². The molecule has 1 aromatic rings. The first-order valence-electron chi connectivity index (χ1n) is 6.02. The summed E-state index contributed by atoms with van der Waals surface area (Å²) >= 11 is 1.72. The first kappa shape index (κ1) is 12.0. The van der Waals surface area contributed by atoms with E-state index >= 15 is 0 Å². The summed E-state index contributed by atoms with van der Waals surface area (Å²) in [6.07, 6.45) is 7.26. The largest absolute Gasteiger partial charge is 0.372 e. The highest BCUT2D eigenvalue weighted by atomic mass is 32.1. The van der Waals surface area contributed by atoms with E-state index in [9.17, 15) is 0 Å². The number of rotatable bonds is 4. The summed E-state index contributed by atoms with van der Waals surface area (Å²) in [5.41, 5.74) is 5.78. The molecule has 1 aromatic heterocycles. The Bertz CT molecular complexity index is 327. The van der Waals surface area contributed by atoms with Gasteiger partial charge < -0.3 is 10.5 Å². The molecule has 0 spiro atoms. The van der Waals surface area contributed by atoms with Crippen LogP contribution in [0.1, 0.15) is 35.6 Å². The van der Waals surface area contributed by atoms with Crippen LogP contribution >= 0.6 is 11.3 Å². The fraction of sp³-hybridized carbons (Fsp3) is 0.750. The summed E-state index contributed by atoms with van der Waals surface area (Å²) in [7, 11) is 0. The Morgan fingerprint density at radius 3 is 3.00 bits per heavy atom. The van der Waals surface area contributed by atoms with Crippen molar-refractivity contribution >= 4 is 11.3 Å². The maximum absolute atomic E-state index is 5.98. The number of aromatic nitrogens is 1. The lowest BCUT2D eigenvalue weighted by Gasteiger charge is -2.30. The number of hydrogen-bond donors (Lipinski definition) is 1. The highest BCUT2D eigenvalue weighted by Crippen LogP contribution is 2.27. The molecule has 2 unspecified atom stereocenters. The Morgan fingerprint density at radius 1 is 1.50 bits per heavy atom. The molecule has 2 rings (SSSR count). The molecule has 1 fully saturated rings. The highest BCUT2D eigenvalue weighted by Gasteiger charge is 2.24. The van der Waals surface area contributed by atoms with Crippen LogP contribution in [0.15, 0.2) is 6.20 Å². The summed E-state index contributed by atoms with van der Waals surface area (Å²) in [5, 5.41) is 1.11. The number of nitrogens with zero attached hydrogens (tertiary/aromatic N) is 1. The van der Waals surface area contributed by atoms with Gasteiger partial charge in [-0.1, -0.05) is 12.8 Å². The van der Waals surface area contributed by atoms with Crippen molar-refractivity contribution in [3.63, 3.8) is 0 Å². The molecule has 1 aliphatic carbocycles. The minimum absolute atomic E-state index is 0.362. The van der Waals surface area contributed by atoms with Crippen LogP contribution in [0.3, 0.4) is 0 Å². The van der Waals surface area contributed by atoms with Gasteiger partial charge in [0, 0.05) is 6.20 Å². The Balaban J connectivity index is 1.84. The smallest absolute Gasteiger partial charge is 0.0897 e. The van der Waals surface area contributed by atoms with E-state index < -0.39 is 0 Å². The van der Waals surface area contributed by atoms with Crippen molar-refractivity contribution in [3.8, 4) is 0 Å². The molecular formula is C12H20N2OS. The Kier molecular flexibility index (Phi) is 4.32. The molecule has 2 N–H and O–H groups in total. The maximum atomic E-state index is 5.98. The molecule has 1 heterocycles. The van der Waals surface area contributed by atoms with Gasteiger partial charge in [-0.15, -0.1) is 11.3 Å². The fourth-order valence-electron chi connectivity index (χ4n) is 2.32. The van der Waals surface area contributed by atoms with Crippen molar-refractivity contribution in [2.45, 2.75) is 45.3 Å². The van der Waals surface area contributed by atoms with Gasteiger partial charge in [0.05, 0.1) is 22.6 Å². The maximum Gasteiger partial charge on any atom is 0.0897 e. The van der Waals surface area contributed by atoms with Gasteiger partial charge in [-0.3, -0.25) is 0 Å². The van der Waals surface area contributed by atoms with Gasteiger partial charge in [-0.2, -0.15) is 0 Å². The van der Waals surface area contributed by atoms with Gasteiger partial charge in [0.25, 0.3) is 0 Å². The number of aryl methyl sites for hydroxylation is 1. The molecule has 16 heavy (non-hydrogen) atoms. The lowest BCUT2D eigenvalue weighted by Crippen LogP contribution is -2.32. The van der Waals surface area contributed by atoms with Crippen LogP contribution < -0.4 is 5.73 Å². The van der Waals surface area contributed by atoms with Crippen LogP contribution in [0.5, 0.6) is 0 Å². The number of ether oxygens (including phenoxy) is 1. The zero-order chi connectivity index (χ0) is 11.4. The summed E-state index contributed by atoms with van der Waals surface area (Å²) < 4.78 is 5.98. The van der Waals surface area contributed by atoms with Gasteiger partial charge in [0.1, 0.15) is 0 Å². The van der Waals surface area contributed by atoms with Crippen molar-refractivity contribution in [3.05, 3.63) is 16.1 Å². The Morgan fingerprint density at radius 2 is 2.31 bits per heavy atom. The second-order valence-corrected chi connectivity index (χ2v) is 5.79. The Labute approximate surface area is 101 Å². The molecule has 0 aliphatic heterocycles. The van der Waals surface area contributed by atoms with Crippen LogP contribution in [-0.2, 0) is 11.3 Å². The minimum atomic E-state index is 0.362. The van der Waals surface area contributed by atoms with Crippen molar-refractivity contribution in [2.75, 3.05) is 6.54 Å². The predicted molar refractivity (Wildman–Crippen MR) is 66.4 cm³/mol. The van der Waals surface area contributed by atoms with E-state index in [0.29, 0.717) is 18.6 Å². The standard InChI is InChI=1S/C12H20N2OS/c1-9-14-7-11(16-9)8-15-12-5-3-2-4-10(12)6-13/h7,10,12H,2-6,8,13H2,1H3. The molecule has 0 amide bonds. The molecule has 4 heteroatoms. The van der Waals surface area contributed by atoms with Crippen molar-refractivity contribution in [1.82, 2.24) is 4.98 Å². The van der Waals surface area contributed by atoms with Gasteiger partial charge in [0.2, 0.25) is 0 Å². The number of nitrogens with two attached hydrogens (primary N) is 1. The van der Waals surface area contributed by atoms with Gasteiger partial charge in [-0.25, -0.2) is 4.98 Å². The van der Waals surface area contributed by atoms with Crippen LogP contribution in [0, 0.1) is 12.8 Å². The predicted octanol–water partition coefficient (Wildman–Crippen LogP) is 2.49. The molecule has 90 valence electrons. The summed E-state index contributed by atoms with van der Waals surface area (Å²) in [6.45, 7) is 3.48. The number of thiazole rings is 1.